The summed E-state index contributed by atoms with van der Waals surface area (Å²) in [4.78, 5) is 12.2. The van der Waals surface area contributed by atoms with Crippen molar-refractivity contribution in [3.63, 3.8) is 0 Å². The van der Waals surface area contributed by atoms with Crippen molar-refractivity contribution in [1.29, 1.82) is 0 Å². The van der Waals surface area contributed by atoms with Crippen molar-refractivity contribution < 1.29 is 4.79 Å². The molecule has 1 N–H and O–H groups in total. The number of carbonyl (C=O) groups excluding carboxylic acids is 1. The summed E-state index contributed by atoms with van der Waals surface area (Å²) in [6, 6.07) is 17.3. The summed E-state index contributed by atoms with van der Waals surface area (Å²) in [7, 11) is 0. The number of halogens is 1. The standard InChI is InChI=1S/C21H17ClN2O/c22-19-9-5-4-8-17(19)21(25)24-23-13-18-15-10-11-16(12-15)20(18)14-6-2-1-3-7-14/h1-11,13,15-16H,12H2,(H,24,25). The molecule has 2 aliphatic rings. The predicted octanol–water partition coefficient (Wildman–Crippen LogP) is 4.72. The molecule has 0 aromatic heterocycles. The summed E-state index contributed by atoms with van der Waals surface area (Å²) >= 11 is 6.05. The van der Waals surface area contributed by atoms with Gasteiger partial charge in [-0.05, 0) is 35.3 Å². The van der Waals surface area contributed by atoms with E-state index >= 15 is 0 Å². The number of hydrogen-bond donors (Lipinski definition) is 1. The lowest BCUT2D eigenvalue weighted by molar-refractivity contribution is 0.0955. The van der Waals surface area contributed by atoms with E-state index in [0.717, 1.165) is 6.42 Å². The van der Waals surface area contributed by atoms with Gasteiger partial charge in [-0.25, -0.2) is 5.43 Å². The molecule has 2 bridgehead atoms. The summed E-state index contributed by atoms with van der Waals surface area (Å²) < 4.78 is 0. The highest BCUT2D eigenvalue weighted by Gasteiger charge is 2.34. The Hall–Kier alpha value is -2.65. The van der Waals surface area contributed by atoms with E-state index in [9.17, 15) is 4.79 Å². The fraction of sp³-hybridized carbons (Fsp3) is 0.143. The highest BCUT2D eigenvalue weighted by Crippen LogP contribution is 2.47. The molecule has 2 aliphatic carbocycles. The first-order chi connectivity index (χ1) is 12.2. The molecule has 4 rings (SSSR count). The number of hydrogen-bond acceptors (Lipinski definition) is 2. The van der Waals surface area contributed by atoms with Gasteiger partial charge in [0.2, 0.25) is 0 Å². The summed E-state index contributed by atoms with van der Waals surface area (Å²) in [5.41, 5.74) is 6.72. The Morgan fingerprint density at radius 1 is 1.04 bits per heavy atom. The van der Waals surface area contributed by atoms with Crippen LogP contribution in [-0.2, 0) is 0 Å². The number of nitrogens with one attached hydrogen (secondary N) is 1. The normalized spacial score (nSPS) is 21.3. The zero-order valence-corrected chi connectivity index (χ0v) is 14.3. The number of hydrazone groups is 1. The van der Waals surface area contributed by atoms with Crippen LogP contribution >= 0.6 is 11.6 Å². The van der Waals surface area contributed by atoms with Gasteiger partial charge in [0, 0.05) is 11.8 Å². The molecule has 2 aromatic carbocycles. The fourth-order valence-electron chi connectivity index (χ4n) is 3.59. The Bertz CT molecular complexity index is 899. The van der Waals surface area contributed by atoms with Crippen molar-refractivity contribution in [1.82, 2.24) is 5.43 Å². The first-order valence-electron chi connectivity index (χ1n) is 8.30. The van der Waals surface area contributed by atoms with Gasteiger partial charge < -0.3 is 0 Å². The van der Waals surface area contributed by atoms with Gasteiger partial charge in [-0.3, -0.25) is 4.79 Å². The van der Waals surface area contributed by atoms with Gasteiger partial charge in [0.05, 0.1) is 16.8 Å². The minimum absolute atomic E-state index is 0.303. The van der Waals surface area contributed by atoms with Gasteiger partial charge >= 0.3 is 0 Å². The Morgan fingerprint density at radius 2 is 1.76 bits per heavy atom. The second kappa shape index (κ2) is 6.69. The van der Waals surface area contributed by atoms with Gasteiger partial charge in [-0.1, -0.05) is 66.2 Å². The second-order valence-corrected chi connectivity index (χ2v) is 6.65. The number of allylic oxidation sites excluding steroid dienone is 4. The van der Waals surface area contributed by atoms with Crippen LogP contribution in [0, 0.1) is 11.8 Å². The van der Waals surface area contributed by atoms with Crippen LogP contribution in [-0.4, -0.2) is 12.1 Å². The van der Waals surface area contributed by atoms with E-state index in [4.69, 9.17) is 11.6 Å². The molecule has 0 heterocycles. The largest absolute Gasteiger partial charge is 0.272 e. The smallest absolute Gasteiger partial charge is 0.267 e. The van der Waals surface area contributed by atoms with Crippen LogP contribution < -0.4 is 5.43 Å². The third kappa shape index (κ3) is 3.03. The van der Waals surface area contributed by atoms with Crippen LogP contribution in [0.1, 0.15) is 22.3 Å². The molecule has 2 aromatic rings. The van der Waals surface area contributed by atoms with Crippen molar-refractivity contribution in [3.05, 3.63) is 88.5 Å². The lowest BCUT2D eigenvalue weighted by atomic mass is 9.92. The molecule has 0 spiro atoms. The monoisotopic (exact) mass is 348 g/mol. The van der Waals surface area contributed by atoms with Gasteiger partial charge in [-0.15, -0.1) is 0 Å². The quantitative estimate of drug-likeness (QED) is 0.485. The van der Waals surface area contributed by atoms with Gasteiger partial charge in [0.1, 0.15) is 0 Å². The zero-order valence-electron chi connectivity index (χ0n) is 13.5. The molecular formula is C21H17ClN2O. The van der Waals surface area contributed by atoms with Gasteiger partial charge in [0.15, 0.2) is 0 Å². The van der Waals surface area contributed by atoms with Gasteiger partial charge in [-0.2, -0.15) is 5.10 Å². The van der Waals surface area contributed by atoms with E-state index in [1.807, 2.05) is 18.2 Å². The zero-order chi connectivity index (χ0) is 17.2. The Morgan fingerprint density at radius 3 is 2.56 bits per heavy atom. The molecule has 4 heteroatoms. The topological polar surface area (TPSA) is 41.5 Å². The second-order valence-electron chi connectivity index (χ2n) is 6.25. The Balaban J connectivity index is 1.56. The Labute approximate surface area is 151 Å². The summed E-state index contributed by atoms with van der Waals surface area (Å²) in [6.07, 6.45) is 7.37. The molecule has 124 valence electrons. The summed E-state index contributed by atoms with van der Waals surface area (Å²) in [6.45, 7) is 0. The molecule has 0 saturated heterocycles. The summed E-state index contributed by atoms with van der Waals surface area (Å²) in [5, 5.41) is 4.61. The van der Waals surface area contributed by atoms with Crippen LogP contribution in [0.4, 0.5) is 0 Å². The molecule has 25 heavy (non-hydrogen) atoms. The van der Waals surface area contributed by atoms with Crippen molar-refractivity contribution in [2.75, 3.05) is 0 Å². The average molecular weight is 349 g/mol. The Kier molecular flexibility index (Phi) is 4.24. The molecule has 3 nitrogen and oxygen atoms in total. The van der Waals surface area contributed by atoms with Crippen LogP contribution in [0.3, 0.4) is 0 Å². The van der Waals surface area contributed by atoms with E-state index in [1.54, 1.807) is 30.5 Å². The maximum absolute atomic E-state index is 12.2. The SMILES string of the molecule is O=C(NN=CC1=C(c2ccccc2)C2C=CC1C2)c1ccccc1Cl. The first-order valence-corrected chi connectivity index (χ1v) is 8.67. The molecule has 1 amide bonds. The number of fused-ring (bicyclic) bond motifs is 2. The maximum Gasteiger partial charge on any atom is 0.272 e. The third-order valence-corrected chi connectivity index (χ3v) is 5.07. The number of benzene rings is 2. The summed E-state index contributed by atoms with van der Waals surface area (Å²) in [5.74, 6) is 0.511. The minimum atomic E-state index is -0.303. The first kappa shape index (κ1) is 15.9. The van der Waals surface area contributed by atoms with Crippen LogP contribution in [0.15, 0.2) is 77.4 Å². The number of nitrogens with zero attached hydrogens (tertiary/aromatic N) is 1. The minimum Gasteiger partial charge on any atom is -0.267 e. The lowest BCUT2D eigenvalue weighted by Gasteiger charge is -2.13. The van der Waals surface area contributed by atoms with E-state index < -0.39 is 0 Å². The van der Waals surface area contributed by atoms with Crippen molar-refractivity contribution >= 4 is 29.3 Å². The molecule has 0 radical (unpaired) electrons. The van der Waals surface area contributed by atoms with Crippen molar-refractivity contribution in [2.24, 2.45) is 16.9 Å². The van der Waals surface area contributed by atoms with Crippen LogP contribution in [0.5, 0.6) is 0 Å². The van der Waals surface area contributed by atoms with Crippen molar-refractivity contribution in [2.45, 2.75) is 6.42 Å². The van der Waals surface area contributed by atoms with E-state index in [-0.39, 0.29) is 5.91 Å². The predicted molar refractivity (Wildman–Crippen MR) is 102 cm³/mol. The van der Waals surface area contributed by atoms with E-state index in [1.165, 1.54) is 16.7 Å². The molecular weight excluding hydrogens is 332 g/mol. The van der Waals surface area contributed by atoms with Crippen molar-refractivity contribution in [3.8, 4) is 0 Å². The third-order valence-electron chi connectivity index (χ3n) is 4.74. The fourth-order valence-corrected chi connectivity index (χ4v) is 3.81. The van der Waals surface area contributed by atoms with Crippen LogP contribution in [0.2, 0.25) is 5.02 Å². The molecule has 0 fully saturated rings. The molecule has 2 atom stereocenters. The molecule has 2 unspecified atom stereocenters. The van der Waals surface area contributed by atoms with Crippen LogP contribution in [0.25, 0.3) is 5.57 Å². The molecule has 0 saturated carbocycles. The molecule has 0 aliphatic heterocycles. The van der Waals surface area contributed by atoms with E-state index in [0.29, 0.717) is 22.4 Å². The number of amides is 1. The number of carbonyl (C=O) groups is 1. The van der Waals surface area contributed by atoms with E-state index in [2.05, 4.69) is 34.8 Å². The highest BCUT2D eigenvalue weighted by atomic mass is 35.5. The highest BCUT2D eigenvalue weighted by molar-refractivity contribution is 6.33. The average Bonchev–Trinajstić information content (AvgIpc) is 3.24. The number of rotatable bonds is 4. The lowest BCUT2D eigenvalue weighted by Crippen LogP contribution is -2.18. The van der Waals surface area contributed by atoms with Gasteiger partial charge in [0.25, 0.3) is 5.91 Å². The maximum atomic E-state index is 12.2.